The molecule has 0 spiro atoms. The lowest BCUT2D eigenvalue weighted by molar-refractivity contribution is 0.120. The summed E-state index contributed by atoms with van der Waals surface area (Å²) in [6.45, 7) is 0. The number of nitrogens with zero attached hydrogens (tertiary/aromatic N) is 3. The third kappa shape index (κ3) is 3.14. The molecule has 144 valence electrons. The second-order valence-electron chi connectivity index (χ2n) is 8.09. The Morgan fingerprint density at radius 2 is 1.86 bits per heavy atom. The second kappa shape index (κ2) is 7.13. The summed E-state index contributed by atoms with van der Waals surface area (Å²) in [5.74, 6) is 1.67. The topological polar surface area (TPSA) is 42.2 Å². The highest BCUT2D eigenvalue weighted by molar-refractivity contribution is 5.28. The van der Waals surface area contributed by atoms with E-state index < -0.39 is 0 Å². The van der Waals surface area contributed by atoms with Crippen LogP contribution in [0.15, 0.2) is 59.1 Å². The van der Waals surface area contributed by atoms with Crippen molar-refractivity contribution >= 4 is 0 Å². The molecule has 3 aromatic rings. The van der Waals surface area contributed by atoms with Crippen molar-refractivity contribution in [2.24, 2.45) is 0 Å². The van der Waals surface area contributed by atoms with E-state index in [4.69, 9.17) is 9.51 Å². The molecule has 0 aliphatic carbocycles. The lowest BCUT2D eigenvalue weighted by Crippen LogP contribution is -2.44. The molecule has 0 saturated carbocycles. The van der Waals surface area contributed by atoms with Crippen LogP contribution in [0.4, 0.5) is 4.39 Å². The predicted molar refractivity (Wildman–Crippen MR) is 105 cm³/mol. The third-order valence-electron chi connectivity index (χ3n) is 6.54. The first-order valence-electron chi connectivity index (χ1n) is 10.0. The maximum Gasteiger partial charge on any atom is 0.231 e. The van der Waals surface area contributed by atoms with Crippen LogP contribution >= 0.6 is 0 Å². The molecule has 2 aliphatic heterocycles. The van der Waals surface area contributed by atoms with Gasteiger partial charge in [0, 0.05) is 18.5 Å². The van der Waals surface area contributed by atoms with Gasteiger partial charge in [0.2, 0.25) is 5.89 Å². The fourth-order valence-electron chi connectivity index (χ4n) is 5.11. The lowest BCUT2D eigenvalue weighted by atomic mass is 9.76. The van der Waals surface area contributed by atoms with Gasteiger partial charge in [0.1, 0.15) is 5.82 Å². The number of rotatable bonds is 4. The number of hydrogen-bond acceptors (Lipinski definition) is 4. The van der Waals surface area contributed by atoms with Crippen molar-refractivity contribution in [2.45, 2.75) is 49.6 Å². The van der Waals surface area contributed by atoms with Gasteiger partial charge in [0.05, 0.1) is 5.92 Å². The molecule has 28 heavy (non-hydrogen) atoms. The molecular formula is C23H24FN3O. The quantitative estimate of drug-likeness (QED) is 0.670. The molecule has 1 aromatic heterocycles. The van der Waals surface area contributed by atoms with Crippen molar-refractivity contribution in [1.29, 1.82) is 0 Å². The second-order valence-corrected chi connectivity index (χ2v) is 8.09. The predicted octanol–water partition coefficient (Wildman–Crippen LogP) is 4.53. The molecule has 3 heterocycles. The van der Waals surface area contributed by atoms with Gasteiger partial charge in [-0.15, -0.1) is 0 Å². The molecule has 2 aromatic carbocycles. The third-order valence-corrected chi connectivity index (χ3v) is 6.54. The van der Waals surface area contributed by atoms with Gasteiger partial charge in [-0.1, -0.05) is 47.6 Å². The van der Waals surface area contributed by atoms with Gasteiger partial charge < -0.3 is 4.52 Å². The molecule has 5 rings (SSSR count). The van der Waals surface area contributed by atoms with E-state index in [1.54, 1.807) is 12.1 Å². The van der Waals surface area contributed by atoms with E-state index in [9.17, 15) is 4.39 Å². The molecule has 0 unspecified atom stereocenters. The van der Waals surface area contributed by atoms with Crippen molar-refractivity contribution in [3.63, 3.8) is 0 Å². The highest BCUT2D eigenvalue weighted by Crippen LogP contribution is 2.50. The summed E-state index contributed by atoms with van der Waals surface area (Å²) in [5, 5.41) is 4.27. The molecular weight excluding hydrogens is 353 g/mol. The number of hydrogen-bond donors (Lipinski definition) is 0. The first-order valence-corrected chi connectivity index (χ1v) is 10.0. The fourth-order valence-corrected chi connectivity index (χ4v) is 5.11. The zero-order chi connectivity index (χ0) is 19.1. The smallest absolute Gasteiger partial charge is 0.231 e. The number of fused-ring (bicyclic) bond motifs is 2. The summed E-state index contributed by atoms with van der Waals surface area (Å²) < 4.78 is 19.3. The Morgan fingerprint density at radius 1 is 1.07 bits per heavy atom. The monoisotopic (exact) mass is 377 g/mol. The van der Waals surface area contributed by atoms with Crippen molar-refractivity contribution in [3.8, 4) is 0 Å². The minimum Gasteiger partial charge on any atom is -0.339 e. The SMILES string of the molecule is CN1[C@@H]2CC[C@@H]1[C@H](c1nc(Cc3ccccc3)no1)[C@H](c1ccc(F)cc1)C2. The van der Waals surface area contributed by atoms with Gasteiger partial charge in [0.15, 0.2) is 5.82 Å². The minimum atomic E-state index is -0.195. The highest BCUT2D eigenvalue weighted by atomic mass is 19.1. The van der Waals surface area contributed by atoms with Crippen LogP contribution in [0.25, 0.3) is 0 Å². The molecule has 4 nitrogen and oxygen atoms in total. The summed E-state index contributed by atoms with van der Waals surface area (Å²) in [6, 6.07) is 18.1. The van der Waals surface area contributed by atoms with Crippen LogP contribution in [0.2, 0.25) is 0 Å². The minimum absolute atomic E-state index is 0.145. The fraction of sp³-hybridized carbons (Fsp3) is 0.391. The van der Waals surface area contributed by atoms with Gasteiger partial charge >= 0.3 is 0 Å². The average Bonchev–Trinajstić information content (AvgIpc) is 3.25. The Bertz CT molecular complexity index is 940. The Hall–Kier alpha value is -2.53. The lowest BCUT2D eigenvalue weighted by Gasteiger charge is -2.41. The van der Waals surface area contributed by atoms with E-state index in [2.05, 4.69) is 29.2 Å². The zero-order valence-corrected chi connectivity index (χ0v) is 16.0. The normalized spacial score (nSPS) is 27.2. The highest BCUT2D eigenvalue weighted by Gasteiger charge is 2.48. The molecule has 0 amide bonds. The number of piperidine rings is 1. The summed E-state index contributed by atoms with van der Waals surface area (Å²) >= 11 is 0. The van der Waals surface area contributed by atoms with Crippen molar-refractivity contribution in [2.75, 3.05) is 7.05 Å². The number of benzene rings is 2. The Morgan fingerprint density at radius 3 is 2.64 bits per heavy atom. The van der Waals surface area contributed by atoms with Gasteiger partial charge in [-0.25, -0.2) is 4.39 Å². The van der Waals surface area contributed by atoms with Crippen LogP contribution in [0.1, 0.15) is 53.9 Å². The van der Waals surface area contributed by atoms with Crippen LogP contribution < -0.4 is 0 Å². The van der Waals surface area contributed by atoms with Crippen molar-refractivity contribution < 1.29 is 8.91 Å². The molecule has 5 heteroatoms. The van der Waals surface area contributed by atoms with E-state index >= 15 is 0 Å². The van der Waals surface area contributed by atoms with Gasteiger partial charge in [-0.05, 0) is 55.5 Å². The standard InChI is InChI=1S/C23H24FN3O/c1-27-18-11-12-20(27)22(19(14-18)16-7-9-17(24)10-8-16)23-25-21(26-28-23)13-15-5-3-2-4-6-15/h2-10,18-20,22H,11-14H2,1H3/t18-,19+,20-,22-/m1/s1. The molecule has 2 bridgehead atoms. The van der Waals surface area contributed by atoms with Crippen LogP contribution in [-0.2, 0) is 6.42 Å². The van der Waals surface area contributed by atoms with Crippen molar-refractivity contribution in [3.05, 3.63) is 83.3 Å². The molecule has 2 fully saturated rings. The summed E-state index contributed by atoms with van der Waals surface area (Å²) in [6.07, 6.45) is 4.04. The Labute approximate surface area is 164 Å². The van der Waals surface area contributed by atoms with E-state index in [1.807, 2.05) is 30.3 Å². The Kier molecular flexibility index (Phi) is 4.47. The largest absolute Gasteiger partial charge is 0.339 e. The van der Waals surface area contributed by atoms with Gasteiger partial charge in [0.25, 0.3) is 0 Å². The number of aromatic nitrogens is 2. The van der Waals surface area contributed by atoms with Gasteiger partial charge in [-0.3, -0.25) is 4.90 Å². The van der Waals surface area contributed by atoms with Crippen LogP contribution in [0, 0.1) is 5.82 Å². The molecule has 0 radical (unpaired) electrons. The number of halogens is 1. The average molecular weight is 377 g/mol. The maximum atomic E-state index is 13.5. The van der Waals surface area contributed by atoms with E-state index in [-0.39, 0.29) is 17.7 Å². The van der Waals surface area contributed by atoms with Crippen LogP contribution in [0.5, 0.6) is 0 Å². The maximum absolute atomic E-state index is 13.5. The summed E-state index contributed by atoms with van der Waals surface area (Å²) in [4.78, 5) is 7.27. The first-order chi connectivity index (χ1) is 13.7. The first kappa shape index (κ1) is 17.6. The van der Waals surface area contributed by atoms with E-state index in [0.29, 0.717) is 18.5 Å². The number of likely N-dealkylation sites (N-methyl/N-ethyl adjacent to an activating group) is 1. The summed E-state index contributed by atoms with van der Waals surface area (Å²) in [5.41, 5.74) is 2.34. The van der Waals surface area contributed by atoms with E-state index in [1.165, 1.54) is 17.5 Å². The zero-order valence-electron chi connectivity index (χ0n) is 16.0. The van der Waals surface area contributed by atoms with Crippen LogP contribution in [-0.4, -0.2) is 34.2 Å². The van der Waals surface area contributed by atoms with Crippen LogP contribution in [0.3, 0.4) is 0 Å². The summed E-state index contributed by atoms with van der Waals surface area (Å²) in [7, 11) is 2.21. The molecule has 0 N–H and O–H groups in total. The molecule has 2 saturated heterocycles. The Balaban J connectivity index is 1.47. The molecule has 4 atom stereocenters. The van der Waals surface area contributed by atoms with Crippen molar-refractivity contribution in [1.82, 2.24) is 15.0 Å². The van der Waals surface area contributed by atoms with Gasteiger partial charge in [-0.2, -0.15) is 4.98 Å². The van der Waals surface area contributed by atoms with E-state index in [0.717, 1.165) is 24.6 Å². The molecule has 2 aliphatic rings.